The maximum atomic E-state index is 5.98. The third kappa shape index (κ3) is 23.4. The van der Waals surface area contributed by atoms with Crippen LogP contribution in [0.5, 0.6) is 46.3 Å². The van der Waals surface area contributed by atoms with Crippen LogP contribution in [0, 0.1) is 0 Å². The molecule has 0 N–H and O–H groups in total. The number of hydrogen-bond acceptors (Lipinski definition) is 19. The monoisotopic (exact) mass is 1310 g/mol. The molecule has 19 heteroatoms. The van der Waals surface area contributed by atoms with E-state index in [2.05, 4.69) is 47.4 Å². The largest absolute Gasteiger partial charge is 0.494 e. The first-order chi connectivity index (χ1) is 48.0. The van der Waals surface area contributed by atoms with Crippen molar-refractivity contribution >= 4 is 21.8 Å². The van der Waals surface area contributed by atoms with Gasteiger partial charge in [0.1, 0.15) is 74.1 Å². The molecule has 0 aliphatic heterocycles. The predicted octanol–water partition coefficient (Wildman–Crippen LogP) is 14.4. The molecule has 0 spiro atoms. The van der Waals surface area contributed by atoms with Gasteiger partial charge >= 0.3 is 0 Å². The van der Waals surface area contributed by atoms with Gasteiger partial charge < -0.3 is 66.3 Å². The van der Waals surface area contributed by atoms with E-state index >= 15 is 0 Å². The van der Waals surface area contributed by atoms with E-state index in [-0.39, 0.29) is 0 Å². The summed E-state index contributed by atoms with van der Waals surface area (Å²) in [4.78, 5) is 23.9. The van der Waals surface area contributed by atoms with Crippen molar-refractivity contribution in [2.75, 3.05) is 132 Å². The summed E-state index contributed by atoms with van der Waals surface area (Å²) in [7, 11) is 0. The van der Waals surface area contributed by atoms with Crippen LogP contribution >= 0.6 is 0 Å². The number of rotatable bonds is 46. The molecule has 0 radical (unpaired) electrons. The normalized spacial score (nSPS) is 11.1. The van der Waals surface area contributed by atoms with Gasteiger partial charge in [-0.25, -0.2) is 24.9 Å². The molecule has 0 aliphatic carbocycles. The molecule has 504 valence electrons. The van der Waals surface area contributed by atoms with Crippen LogP contribution in [-0.2, 0) is 28.4 Å². The number of aromatic nitrogens is 5. The summed E-state index contributed by atoms with van der Waals surface area (Å²) in [6.07, 6.45) is 9.87. The Balaban J connectivity index is 0.525. The van der Waals surface area contributed by atoms with E-state index in [0.717, 1.165) is 121 Å². The highest BCUT2D eigenvalue weighted by Gasteiger charge is 2.12. The Morgan fingerprint density at radius 2 is 0.557 bits per heavy atom. The van der Waals surface area contributed by atoms with E-state index in [4.69, 9.17) is 81.3 Å². The summed E-state index contributed by atoms with van der Waals surface area (Å²) in [6, 6.07) is 56.8. The van der Waals surface area contributed by atoms with Crippen molar-refractivity contribution in [3.63, 3.8) is 0 Å². The fourth-order valence-electron chi connectivity index (χ4n) is 9.72. The fraction of sp³-hybridized carbons (Fsp3) is 0.295. The van der Waals surface area contributed by atoms with Crippen molar-refractivity contribution in [3.8, 4) is 91.3 Å². The summed E-state index contributed by atoms with van der Waals surface area (Å²) < 4.78 is 80.7. The summed E-state index contributed by atoms with van der Waals surface area (Å²) in [5.41, 5.74) is 8.67. The van der Waals surface area contributed by atoms with Gasteiger partial charge in [-0.1, -0.05) is 42.5 Å². The van der Waals surface area contributed by atoms with Gasteiger partial charge in [-0.15, -0.1) is 13.2 Å². The van der Waals surface area contributed by atoms with E-state index in [9.17, 15) is 0 Å². The minimum Gasteiger partial charge on any atom is -0.494 e. The van der Waals surface area contributed by atoms with Crippen LogP contribution in [0.3, 0.4) is 0 Å². The number of pyridine rings is 5. The summed E-state index contributed by atoms with van der Waals surface area (Å²) >= 11 is 0. The topological polar surface area (TPSA) is 194 Å². The number of benzene rings is 5. The molecule has 5 aromatic heterocycles. The Morgan fingerprint density at radius 1 is 0.258 bits per heavy atom. The second kappa shape index (κ2) is 39.8. The van der Waals surface area contributed by atoms with E-state index in [0.29, 0.717) is 144 Å². The molecule has 0 unspecified atom stereocenters. The Labute approximate surface area is 566 Å². The summed E-state index contributed by atoms with van der Waals surface area (Å²) in [5.74, 6) is 5.61. The molecule has 97 heavy (non-hydrogen) atoms. The average Bonchev–Trinajstić information content (AvgIpc) is 0.919. The highest BCUT2D eigenvalue weighted by atomic mass is 16.6. The molecule has 0 atom stereocenters. The van der Waals surface area contributed by atoms with Crippen LogP contribution in [0.25, 0.3) is 66.8 Å². The average molecular weight is 1310 g/mol. The highest BCUT2D eigenvalue weighted by molar-refractivity contribution is 6.04. The molecule has 5 aromatic carbocycles. The van der Waals surface area contributed by atoms with Crippen molar-refractivity contribution in [3.05, 3.63) is 214 Å². The minimum absolute atomic E-state index is 0.357. The Bertz CT molecular complexity index is 3920. The maximum Gasteiger partial charge on any atom is 0.213 e. The summed E-state index contributed by atoms with van der Waals surface area (Å²) in [6.45, 7) is 16.3. The SMILES string of the molecule is C=CCCCOc1ccc(OCCOCCOCCOc2ccc(-c3ccc4ccc5ccc(-c6ccc(OCCOCCOCCOc7ccc(OCCOCCOCCOc8ccc(-c9cccc(-c%10ccc(OCCC=C)nc%10)n9)cn8)cc7)cc6)nc5c4n3)cc2)cc1. The first-order valence-electron chi connectivity index (χ1n) is 32.8. The van der Waals surface area contributed by atoms with Crippen LogP contribution in [0.1, 0.15) is 19.3 Å². The molecule has 10 rings (SSSR count). The van der Waals surface area contributed by atoms with Crippen LogP contribution in [0.2, 0.25) is 0 Å². The third-order valence-electron chi connectivity index (χ3n) is 14.7. The first kappa shape index (κ1) is 69.8. The molecule has 10 aromatic rings. The Kier molecular flexibility index (Phi) is 28.6. The van der Waals surface area contributed by atoms with Crippen molar-refractivity contribution in [1.82, 2.24) is 24.9 Å². The van der Waals surface area contributed by atoms with Gasteiger partial charge in [-0.2, -0.15) is 0 Å². The van der Waals surface area contributed by atoms with Crippen molar-refractivity contribution in [2.24, 2.45) is 0 Å². The molecule has 0 fully saturated rings. The molecule has 0 saturated carbocycles. The zero-order valence-corrected chi connectivity index (χ0v) is 54.7. The number of allylic oxidation sites excluding steroid dienone is 1. The molecular formula is C78H83N5O14. The van der Waals surface area contributed by atoms with Gasteiger partial charge in [0.2, 0.25) is 11.8 Å². The van der Waals surface area contributed by atoms with Crippen LogP contribution in [0.4, 0.5) is 0 Å². The Morgan fingerprint density at radius 3 is 0.907 bits per heavy atom. The number of nitrogens with zero attached hydrogens (tertiary/aromatic N) is 5. The van der Waals surface area contributed by atoms with Gasteiger partial charge in [0, 0.05) is 57.6 Å². The zero-order chi connectivity index (χ0) is 66.6. The van der Waals surface area contributed by atoms with E-state index in [1.165, 1.54) is 0 Å². The van der Waals surface area contributed by atoms with E-state index in [1.807, 2.05) is 164 Å². The number of fused-ring (bicyclic) bond motifs is 3. The highest BCUT2D eigenvalue weighted by Crippen LogP contribution is 2.31. The number of hydrogen-bond donors (Lipinski definition) is 0. The Hall–Kier alpha value is -9.99. The fourth-order valence-corrected chi connectivity index (χ4v) is 9.72. The number of ether oxygens (including phenoxy) is 14. The standard InChI is InChI=1S/C78H83N5O14/c1-3-5-7-38-90-67-25-27-68(28-26-67)93-53-47-86-41-39-84-45-51-91-65-21-13-59(14-22-65)73-33-17-61-11-12-62-18-34-74(83-78(62)77(61)82-73)60-15-23-66(24-16-60)92-52-46-85-40-42-87-48-54-94-69-29-31-70(32-30-69)95-55-49-88-43-44-89-50-56-97-76-36-20-64(58-80-76)72-10-8-9-71(81-72)63-19-35-75(79-57-63)96-37-6-4-2/h3-4,8-36,57-58H,1-2,5-7,37-56H2. The zero-order valence-electron chi connectivity index (χ0n) is 54.7. The lowest BCUT2D eigenvalue weighted by molar-refractivity contribution is 0.0268. The van der Waals surface area contributed by atoms with Crippen molar-refractivity contribution < 1.29 is 66.3 Å². The molecule has 19 nitrogen and oxygen atoms in total. The summed E-state index contributed by atoms with van der Waals surface area (Å²) in [5, 5.41) is 2.02. The molecule has 0 bridgehead atoms. The van der Waals surface area contributed by atoms with E-state index in [1.54, 1.807) is 12.4 Å². The maximum absolute atomic E-state index is 5.98. The van der Waals surface area contributed by atoms with Gasteiger partial charge in [-0.3, -0.25) is 0 Å². The second-order valence-corrected chi connectivity index (χ2v) is 21.7. The third-order valence-corrected chi connectivity index (χ3v) is 14.7. The van der Waals surface area contributed by atoms with Gasteiger partial charge in [0.25, 0.3) is 0 Å². The molecule has 5 heterocycles. The van der Waals surface area contributed by atoms with Gasteiger partial charge in [0.05, 0.1) is 126 Å². The smallest absolute Gasteiger partial charge is 0.213 e. The van der Waals surface area contributed by atoms with Gasteiger partial charge in [-0.05, 0) is 153 Å². The van der Waals surface area contributed by atoms with E-state index < -0.39 is 0 Å². The minimum atomic E-state index is 0.357. The van der Waals surface area contributed by atoms with Crippen LogP contribution in [0.15, 0.2) is 214 Å². The molecule has 0 aliphatic rings. The lowest BCUT2D eigenvalue weighted by Gasteiger charge is -2.11. The lowest BCUT2D eigenvalue weighted by Crippen LogP contribution is -2.14. The molecule has 0 saturated heterocycles. The number of unbranched alkanes of at least 4 members (excludes halogenated alkanes) is 1. The van der Waals surface area contributed by atoms with Crippen LogP contribution in [-0.4, -0.2) is 157 Å². The van der Waals surface area contributed by atoms with Gasteiger partial charge in [0.15, 0.2) is 0 Å². The van der Waals surface area contributed by atoms with Crippen molar-refractivity contribution in [2.45, 2.75) is 19.3 Å². The van der Waals surface area contributed by atoms with Crippen LogP contribution < -0.4 is 37.9 Å². The predicted molar refractivity (Wildman–Crippen MR) is 375 cm³/mol. The first-order valence-corrected chi connectivity index (χ1v) is 32.8. The lowest BCUT2D eigenvalue weighted by atomic mass is 10.1. The van der Waals surface area contributed by atoms with Crippen molar-refractivity contribution in [1.29, 1.82) is 0 Å². The molecule has 0 amide bonds. The second-order valence-electron chi connectivity index (χ2n) is 21.7. The quantitative estimate of drug-likeness (QED) is 0.0198. The molecular weight excluding hydrogens is 1230 g/mol.